The van der Waals surface area contributed by atoms with Gasteiger partial charge in [0.2, 0.25) is 0 Å². The van der Waals surface area contributed by atoms with Crippen molar-refractivity contribution >= 4 is 29.1 Å². The molecular weight excluding hydrogens is 359 g/mol. The van der Waals surface area contributed by atoms with E-state index < -0.39 is 23.7 Å². The Morgan fingerprint density at radius 1 is 1.24 bits per heavy atom. The molecule has 1 aromatic rings. The number of carbonyl (C=O) groups excluding carboxylic acids is 2. The average molecular weight is 381 g/mol. The first-order chi connectivity index (χ1) is 11.4. The fraction of sp³-hybridized carbons (Fsp3) is 0.500. The lowest BCUT2D eigenvalue weighted by Gasteiger charge is -2.21. The van der Waals surface area contributed by atoms with Gasteiger partial charge in [-0.1, -0.05) is 11.6 Å². The van der Waals surface area contributed by atoms with Crippen LogP contribution in [-0.4, -0.2) is 37.5 Å². The smallest absolute Gasteiger partial charge is 0.349 e. The Bertz CT molecular complexity index is 636. The number of benzene rings is 1. The maximum atomic E-state index is 12.8. The van der Waals surface area contributed by atoms with E-state index in [1.165, 1.54) is 0 Å². The molecule has 0 radical (unpaired) electrons. The zero-order valence-electron chi connectivity index (χ0n) is 14.4. The summed E-state index contributed by atoms with van der Waals surface area (Å²) in [5.41, 5.74) is -1.02. The lowest BCUT2D eigenvalue weighted by Crippen LogP contribution is -3.15. The van der Waals surface area contributed by atoms with Crippen LogP contribution in [0.1, 0.15) is 26.3 Å². The Kier molecular flexibility index (Phi) is 7.25. The molecule has 0 aliphatic heterocycles. The fourth-order valence-electron chi connectivity index (χ4n) is 2.04. The maximum Gasteiger partial charge on any atom is 0.416 e. The quantitative estimate of drug-likeness (QED) is 0.703. The molecule has 2 atom stereocenters. The second-order valence-corrected chi connectivity index (χ2v) is 6.56. The molecular formula is C16H22ClF3N3O2+. The molecule has 0 bridgehead atoms. The van der Waals surface area contributed by atoms with Crippen LogP contribution in [0.15, 0.2) is 18.2 Å². The number of hydrogen-bond acceptors (Lipinski definition) is 2. The van der Waals surface area contributed by atoms with Crippen molar-refractivity contribution in [2.45, 2.75) is 39.0 Å². The van der Waals surface area contributed by atoms with Gasteiger partial charge in [0, 0.05) is 6.04 Å². The lowest BCUT2D eigenvalue weighted by molar-refractivity contribution is -0.885. The summed E-state index contributed by atoms with van der Waals surface area (Å²) in [4.78, 5) is 24.6. The topological polar surface area (TPSA) is 62.6 Å². The van der Waals surface area contributed by atoms with E-state index in [1.54, 1.807) is 14.0 Å². The highest BCUT2D eigenvalue weighted by Gasteiger charge is 2.31. The minimum Gasteiger partial charge on any atom is -0.349 e. The van der Waals surface area contributed by atoms with Gasteiger partial charge in [-0.05, 0) is 39.0 Å². The molecule has 0 fully saturated rings. The van der Waals surface area contributed by atoms with Crippen LogP contribution in [0.25, 0.3) is 0 Å². The molecule has 0 heterocycles. The molecule has 3 N–H and O–H groups in total. The molecule has 1 unspecified atom stereocenters. The summed E-state index contributed by atoms with van der Waals surface area (Å²) in [5.74, 6) is -0.750. The first-order valence-corrected chi connectivity index (χ1v) is 8.09. The van der Waals surface area contributed by atoms with Crippen LogP contribution < -0.4 is 15.5 Å². The molecule has 1 aromatic carbocycles. The van der Waals surface area contributed by atoms with Crippen molar-refractivity contribution in [3.63, 3.8) is 0 Å². The number of carbonyl (C=O) groups is 2. The summed E-state index contributed by atoms with van der Waals surface area (Å²) in [6, 6.07) is 2.02. The van der Waals surface area contributed by atoms with E-state index in [0.717, 1.165) is 18.2 Å². The standard InChI is InChI=1S/C16H21ClF3N3O2/c1-9(2)21-14(24)8-23(4)10(3)15(25)22-13-7-11(16(18,19)20)5-6-12(13)17/h5-7,9-10H,8H2,1-4H3,(H,21,24)(H,22,25)/p+1/t10-/m0/s1. The van der Waals surface area contributed by atoms with Crippen LogP contribution >= 0.6 is 11.6 Å². The van der Waals surface area contributed by atoms with Crippen LogP contribution in [0.3, 0.4) is 0 Å². The molecule has 0 aromatic heterocycles. The van der Waals surface area contributed by atoms with Gasteiger partial charge < -0.3 is 15.5 Å². The molecule has 0 saturated carbocycles. The molecule has 25 heavy (non-hydrogen) atoms. The second kappa shape index (κ2) is 8.53. The van der Waals surface area contributed by atoms with Crippen LogP contribution in [0.5, 0.6) is 0 Å². The predicted molar refractivity (Wildman–Crippen MR) is 89.6 cm³/mol. The molecule has 140 valence electrons. The van der Waals surface area contributed by atoms with Gasteiger partial charge in [-0.3, -0.25) is 9.59 Å². The van der Waals surface area contributed by atoms with E-state index in [1.807, 2.05) is 13.8 Å². The minimum absolute atomic E-state index is 0.00348. The van der Waals surface area contributed by atoms with E-state index in [9.17, 15) is 22.8 Å². The number of anilines is 1. The molecule has 0 aliphatic carbocycles. The maximum absolute atomic E-state index is 12.8. The van der Waals surface area contributed by atoms with Gasteiger partial charge in [-0.25, -0.2) is 0 Å². The summed E-state index contributed by atoms with van der Waals surface area (Å²) >= 11 is 5.86. The zero-order chi connectivity index (χ0) is 19.4. The summed E-state index contributed by atoms with van der Waals surface area (Å²) in [7, 11) is 1.65. The van der Waals surface area contributed by atoms with Crippen LogP contribution in [0.4, 0.5) is 18.9 Å². The SMILES string of the molecule is CC(C)NC(=O)C[NH+](C)[C@@H](C)C(=O)Nc1cc(C(F)(F)F)ccc1Cl. The Labute approximate surface area is 149 Å². The number of quaternary nitrogens is 1. The normalized spacial score (nSPS) is 14.1. The van der Waals surface area contributed by atoms with Crippen molar-refractivity contribution in [1.82, 2.24) is 5.32 Å². The number of amides is 2. The highest BCUT2D eigenvalue weighted by molar-refractivity contribution is 6.33. The molecule has 0 saturated heterocycles. The van der Waals surface area contributed by atoms with Gasteiger partial charge in [0.1, 0.15) is 0 Å². The summed E-state index contributed by atoms with van der Waals surface area (Å²) in [6.45, 7) is 5.27. The highest BCUT2D eigenvalue weighted by Crippen LogP contribution is 2.33. The molecule has 0 aliphatic rings. The lowest BCUT2D eigenvalue weighted by atomic mass is 10.2. The van der Waals surface area contributed by atoms with Crippen LogP contribution in [-0.2, 0) is 15.8 Å². The Hall–Kier alpha value is -1.80. The number of rotatable bonds is 6. The first kappa shape index (κ1) is 21.2. The van der Waals surface area contributed by atoms with E-state index in [0.29, 0.717) is 4.90 Å². The van der Waals surface area contributed by atoms with Gasteiger partial charge in [-0.15, -0.1) is 0 Å². The third-order valence-electron chi connectivity index (χ3n) is 3.57. The number of halogens is 4. The Morgan fingerprint density at radius 3 is 2.36 bits per heavy atom. The molecule has 2 amide bonds. The zero-order valence-corrected chi connectivity index (χ0v) is 15.2. The molecule has 0 spiro atoms. The van der Waals surface area contributed by atoms with Crippen molar-refractivity contribution in [2.24, 2.45) is 0 Å². The van der Waals surface area contributed by atoms with Gasteiger partial charge >= 0.3 is 6.18 Å². The number of alkyl halides is 3. The summed E-state index contributed by atoms with van der Waals surface area (Å²) in [5, 5.41) is 5.11. The largest absolute Gasteiger partial charge is 0.416 e. The van der Waals surface area contributed by atoms with E-state index >= 15 is 0 Å². The summed E-state index contributed by atoms with van der Waals surface area (Å²) < 4.78 is 38.3. The van der Waals surface area contributed by atoms with Gasteiger partial charge in [0.05, 0.1) is 23.3 Å². The average Bonchev–Trinajstić information content (AvgIpc) is 2.46. The monoisotopic (exact) mass is 380 g/mol. The first-order valence-electron chi connectivity index (χ1n) is 7.71. The number of hydrogen-bond donors (Lipinski definition) is 3. The minimum atomic E-state index is -4.54. The van der Waals surface area contributed by atoms with E-state index in [2.05, 4.69) is 10.6 Å². The second-order valence-electron chi connectivity index (χ2n) is 6.15. The Morgan fingerprint density at radius 2 is 1.84 bits per heavy atom. The van der Waals surface area contributed by atoms with Gasteiger partial charge in [-0.2, -0.15) is 13.2 Å². The molecule has 5 nitrogen and oxygen atoms in total. The van der Waals surface area contributed by atoms with Crippen LogP contribution in [0.2, 0.25) is 5.02 Å². The van der Waals surface area contributed by atoms with Crippen molar-refractivity contribution in [1.29, 1.82) is 0 Å². The molecule has 1 rings (SSSR count). The number of nitrogens with one attached hydrogen (secondary N) is 3. The van der Waals surface area contributed by atoms with E-state index in [-0.39, 0.29) is 29.2 Å². The van der Waals surface area contributed by atoms with Crippen molar-refractivity contribution in [2.75, 3.05) is 18.9 Å². The van der Waals surface area contributed by atoms with E-state index in [4.69, 9.17) is 11.6 Å². The fourth-order valence-corrected chi connectivity index (χ4v) is 2.21. The van der Waals surface area contributed by atoms with Gasteiger partial charge in [0.25, 0.3) is 11.8 Å². The highest BCUT2D eigenvalue weighted by atomic mass is 35.5. The van der Waals surface area contributed by atoms with Crippen molar-refractivity contribution in [3.05, 3.63) is 28.8 Å². The molecule has 9 heteroatoms. The number of likely N-dealkylation sites (N-methyl/N-ethyl adjacent to an activating group) is 1. The predicted octanol–water partition coefficient (Wildman–Crippen LogP) is 1.73. The third kappa shape index (κ3) is 6.55. The third-order valence-corrected chi connectivity index (χ3v) is 3.90. The van der Waals surface area contributed by atoms with Crippen LogP contribution in [0, 0.1) is 0 Å². The summed E-state index contributed by atoms with van der Waals surface area (Å²) in [6.07, 6.45) is -4.54. The van der Waals surface area contributed by atoms with Crippen molar-refractivity contribution < 1.29 is 27.7 Å². The van der Waals surface area contributed by atoms with Gasteiger partial charge in [0.15, 0.2) is 12.6 Å². The Balaban J connectivity index is 2.79. The van der Waals surface area contributed by atoms with Crippen molar-refractivity contribution in [3.8, 4) is 0 Å².